The zero-order valence-electron chi connectivity index (χ0n) is 16.1. The molecule has 144 valence electrons. The number of benzene rings is 1. The van der Waals surface area contributed by atoms with Crippen molar-refractivity contribution < 1.29 is 9.90 Å². The van der Waals surface area contributed by atoms with Crippen molar-refractivity contribution in [3.05, 3.63) is 41.7 Å². The standard InChI is InChI=1S/C21H28N4O2/c1-15(2)14-25-20(16-3-4-16)19(13-22-25)21(27)24-11-9-23(10-12-24)17-5-7-18(26)8-6-17/h5-8,13,15-16,26H,3-4,9-12,14H2,1-2H3. The Hall–Kier alpha value is -2.50. The van der Waals surface area contributed by atoms with Crippen molar-refractivity contribution in [3.63, 3.8) is 0 Å². The molecule has 1 saturated carbocycles. The predicted molar refractivity (Wildman–Crippen MR) is 105 cm³/mol. The molecule has 27 heavy (non-hydrogen) atoms. The van der Waals surface area contributed by atoms with Crippen LogP contribution in [0.4, 0.5) is 5.69 Å². The lowest BCUT2D eigenvalue weighted by molar-refractivity contribution is 0.0745. The third-order valence-electron chi connectivity index (χ3n) is 5.39. The van der Waals surface area contributed by atoms with Gasteiger partial charge in [0, 0.05) is 44.3 Å². The molecule has 1 saturated heterocycles. The van der Waals surface area contributed by atoms with Crippen molar-refractivity contribution in [2.24, 2.45) is 5.92 Å². The lowest BCUT2D eigenvalue weighted by Gasteiger charge is -2.36. The van der Waals surface area contributed by atoms with E-state index in [9.17, 15) is 9.90 Å². The van der Waals surface area contributed by atoms with Gasteiger partial charge in [0.05, 0.1) is 17.5 Å². The summed E-state index contributed by atoms with van der Waals surface area (Å²) in [5.41, 5.74) is 3.04. The summed E-state index contributed by atoms with van der Waals surface area (Å²) in [4.78, 5) is 17.4. The summed E-state index contributed by atoms with van der Waals surface area (Å²) in [7, 11) is 0. The molecule has 1 aliphatic heterocycles. The maximum atomic E-state index is 13.2. The molecule has 2 aromatic rings. The molecule has 1 aliphatic carbocycles. The molecule has 2 fully saturated rings. The number of hydrogen-bond donors (Lipinski definition) is 1. The Labute approximate surface area is 160 Å². The van der Waals surface area contributed by atoms with E-state index in [2.05, 4.69) is 28.5 Å². The van der Waals surface area contributed by atoms with Gasteiger partial charge in [-0.05, 0) is 43.0 Å². The maximum absolute atomic E-state index is 13.2. The van der Waals surface area contributed by atoms with Gasteiger partial charge in [-0.1, -0.05) is 13.8 Å². The highest BCUT2D eigenvalue weighted by Crippen LogP contribution is 2.42. The number of anilines is 1. The summed E-state index contributed by atoms with van der Waals surface area (Å²) < 4.78 is 2.06. The van der Waals surface area contributed by atoms with Crippen LogP contribution < -0.4 is 4.90 Å². The topological polar surface area (TPSA) is 61.6 Å². The number of rotatable bonds is 5. The molecule has 2 aliphatic rings. The van der Waals surface area contributed by atoms with Crippen molar-refractivity contribution in [1.82, 2.24) is 14.7 Å². The van der Waals surface area contributed by atoms with Gasteiger partial charge < -0.3 is 14.9 Å². The van der Waals surface area contributed by atoms with Gasteiger partial charge in [0.15, 0.2) is 0 Å². The van der Waals surface area contributed by atoms with E-state index in [4.69, 9.17) is 0 Å². The Bertz CT molecular complexity index is 800. The summed E-state index contributed by atoms with van der Waals surface area (Å²) in [5, 5.41) is 14.0. The second kappa shape index (κ2) is 7.25. The summed E-state index contributed by atoms with van der Waals surface area (Å²) in [6.45, 7) is 8.25. The van der Waals surface area contributed by atoms with Crippen molar-refractivity contribution in [2.45, 2.75) is 39.2 Å². The summed E-state index contributed by atoms with van der Waals surface area (Å²) >= 11 is 0. The van der Waals surface area contributed by atoms with Gasteiger partial charge in [0.25, 0.3) is 5.91 Å². The Morgan fingerprint density at radius 1 is 1.15 bits per heavy atom. The van der Waals surface area contributed by atoms with Crippen LogP contribution >= 0.6 is 0 Å². The van der Waals surface area contributed by atoms with E-state index < -0.39 is 0 Å². The van der Waals surface area contributed by atoms with Gasteiger partial charge in [0.1, 0.15) is 5.75 Å². The van der Waals surface area contributed by atoms with E-state index in [0.29, 0.717) is 24.9 Å². The second-order valence-electron chi connectivity index (χ2n) is 8.09. The molecule has 1 aromatic heterocycles. The largest absolute Gasteiger partial charge is 0.508 e. The highest BCUT2D eigenvalue weighted by atomic mass is 16.3. The quantitative estimate of drug-likeness (QED) is 0.881. The third kappa shape index (κ3) is 3.80. The first-order valence-corrected chi connectivity index (χ1v) is 9.92. The highest BCUT2D eigenvalue weighted by Gasteiger charge is 2.34. The summed E-state index contributed by atoms with van der Waals surface area (Å²) in [6, 6.07) is 7.26. The van der Waals surface area contributed by atoms with Gasteiger partial charge >= 0.3 is 0 Å². The number of carbonyl (C=O) groups excluding carboxylic acids is 1. The fourth-order valence-electron chi connectivity index (χ4n) is 3.84. The van der Waals surface area contributed by atoms with E-state index in [1.54, 1.807) is 18.3 Å². The lowest BCUT2D eigenvalue weighted by atomic mass is 10.1. The molecule has 0 spiro atoms. The Kier molecular flexibility index (Phi) is 4.81. The zero-order valence-corrected chi connectivity index (χ0v) is 16.1. The molecule has 1 amide bonds. The van der Waals surface area contributed by atoms with Gasteiger partial charge in [0.2, 0.25) is 0 Å². The van der Waals surface area contributed by atoms with Crippen LogP contribution in [0.5, 0.6) is 5.75 Å². The van der Waals surface area contributed by atoms with Crippen LogP contribution in [0.1, 0.15) is 48.7 Å². The molecule has 6 nitrogen and oxygen atoms in total. The molecule has 2 heterocycles. The van der Waals surface area contributed by atoms with Crippen molar-refractivity contribution in [2.75, 3.05) is 31.1 Å². The number of hydrogen-bond acceptors (Lipinski definition) is 4. The molecule has 0 atom stereocenters. The predicted octanol–water partition coefficient (Wildman–Crippen LogP) is 3.08. The highest BCUT2D eigenvalue weighted by molar-refractivity contribution is 5.95. The van der Waals surface area contributed by atoms with Gasteiger partial charge in [-0.3, -0.25) is 9.48 Å². The Morgan fingerprint density at radius 2 is 1.81 bits per heavy atom. The number of phenolic OH excluding ortho intramolecular Hbond substituents is 1. The van der Waals surface area contributed by atoms with Gasteiger partial charge in [-0.15, -0.1) is 0 Å². The number of nitrogens with zero attached hydrogens (tertiary/aromatic N) is 4. The maximum Gasteiger partial charge on any atom is 0.257 e. The van der Waals surface area contributed by atoms with E-state index >= 15 is 0 Å². The molecule has 0 bridgehead atoms. The SMILES string of the molecule is CC(C)Cn1ncc(C(=O)N2CCN(c3ccc(O)cc3)CC2)c1C1CC1. The van der Waals surface area contributed by atoms with E-state index in [-0.39, 0.29) is 11.7 Å². The van der Waals surface area contributed by atoms with Crippen molar-refractivity contribution in [3.8, 4) is 5.75 Å². The Balaban J connectivity index is 1.45. The zero-order chi connectivity index (χ0) is 19.0. The number of amides is 1. The first kappa shape index (κ1) is 17.9. The van der Waals surface area contributed by atoms with Crippen LogP contribution in [0.2, 0.25) is 0 Å². The molecule has 1 N–H and O–H groups in total. The minimum absolute atomic E-state index is 0.122. The minimum Gasteiger partial charge on any atom is -0.508 e. The van der Waals surface area contributed by atoms with Crippen LogP contribution in [0.3, 0.4) is 0 Å². The number of piperazine rings is 1. The Morgan fingerprint density at radius 3 is 2.41 bits per heavy atom. The first-order valence-electron chi connectivity index (χ1n) is 9.92. The number of aromatic nitrogens is 2. The van der Waals surface area contributed by atoms with E-state index in [0.717, 1.165) is 36.6 Å². The number of aromatic hydroxyl groups is 1. The van der Waals surface area contributed by atoms with Gasteiger partial charge in [-0.25, -0.2) is 0 Å². The van der Waals surface area contributed by atoms with Crippen LogP contribution in [0.15, 0.2) is 30.5 Å². The molecular weight excluding hydrogens is 340 g/mol. The number of phenols is 1. The average Bonchev–Trinajstić information content (AvgIpc) is 3.42. The third-order valence-corrected chi connectivity index (χ3v) is 5.39. The van der Waals surface area contributed by atoms with Crippen LogP contribution in [0.25, 0.3) is 0 Å². The summed E-state index contributed by atoms with van der Waals surface area (Å²) in [6.07, 6.45) is 4.11. The normalized spacial score (nSPS) is 17.6. The van der Waals surface area contributed by atoms with Gasteiger partial charge in [-0.2, -0.15) is 5.10 Å². The molecule has 0 radical (unpaired) electrons. The molecule has 6 heteroatoms. The molecule has 1 aromatic carbocycles. The van der Waals surface area contributed by atoms with E-state index in [1.165, 1.54) is 12.8 Å². The van der Waals surface area contributed by atoms with Crippen LogP contribution in [-0.4, -0.2) is 51.9 Å². The first-order chi connectivity index (χ1) is 13.0. The monoisotopic (exact) mass is 368 g/mol. The molecule has 4 rings (SSSR count). The lowest BCUT2D eigenvalue weighted by Crippen LogP contribution is -2.48. The van der Waals surface area contributed by atoms with Crippen LogP contribution in [-0.2, 0) is 6.54 Å². The van der Waals surface area contributed by atoms with Crippen molar-refractivity contribution in [1.29, 1.82) is 0 Å². The average molecular weight is 368 g/mol. The van der Waals surface area contributed by atoms with Crippen molar-refractivity contribution >= 4 is 11.6 Å². The fraction of sp³-hybridized carbons (Fsp3) is 0.524. The molecule has 0 unspecified atom stereocenters. The number of carbonyl (C=O) groups is 1. The second-order valence-corrected chi connectivity index (χ2v) is 8.09. The fourth-order valence-corrected chi connectivity index (χ4v) is 3.84. The van der Waals surface area contributed by atoms with E-state index in [1.807, 2.05) is 17.0 Å². The smallest absolute Gasteiger partial charge is 0.257 e. The molecular formula is C21H28N4O2. The van der Waals surface area contributed by atoms with Crippen LogP contribution in [0, 0.1) is 5.92 Å². The summed E-state index contributed by atoms with van der Waals surface area (Å²) in [5.74, 6) is 1.42. The minimum atomic E-state index is 0.122.